The van der Waals surface area contributed by atoms with Crippen LogP contribution in [0.25, 0.3) is 0 Å². The summed E-state index contributed by atoms with van der Waals surface area (Å²) in [6.45, 7) is 4.10. The fraction of sp³-hybridized carbons (Fsp3) is 0.438. The van der Waals surface area contributed by atoms with Crippen LogP contribution in [0, 0.1) is 0 Å². The maximum atomic E-state index is 12.2. The summed E-state index contributed by atoms with van der Waals surface area (Å²) >= 11 is 1.69. The number of thiophene rings is 1. The largest absolute Gasteiger partial charge is 0.468 e. The molecule has 0 aliphatic carbocycles. The number of rotatable bonds is 9. The molecule has 5 nitrogen and oxygen atoms in total. The molecule has 0 bridgehead atoms. The number of ether oxygens (including phenoxy) is 1. The molecule has 0 aliphatic heterocycles. The van der Waals surface area contributed by atoms with Gasteiger partial charge in [0, 0.05) is 24.6 Å². The number of nitrogens with one attached hydrogen (secondary N) is 1. The van der Waals surface area contributed by atoms with E-state index in [0.717, 1.165) is 12.3 Å². The number of hydrogen-bond donors (Lipinski definition) is 1. The van der Waals surface area contributed by atoms with Gasteiger partial charge in [-0.3, -0.25) is 9.69 Å². The first kappa shape index (κ1) is 16.7. The van der Waals surface area contributed by atoms with Crippen molar-refractivity contribution < 1.29 is 13.9 Å². The van der Waals surface area contributed by atoms with Crippen molar-refractivity contribution in [2.75, 3.05) is 20.3 Å². The SMILES string of the molecule is COCC(C)NC(=O)CN(Cc1ccco1)Cc1cccs1. The first-order valence-electron chi connectivity index (χ1n) is 7.23. The molecule has 1 amide bonds. The lowest BCUT2D eigenvalue weighted by atomic mass is 10.3. The van der Waals surface area contributed by atoms with E-state index in [1.165, 1.54) is 4.88 Å². The van der Waals surface area contributed by atoms with Gasteiger partial charge in [-0.2, -0.15) is 0 Å². The average molecular weight is 322 g/mol. The molecule has 1 N–H and O–H groups in total. The first-order valence-corrected chi connectivity index (χ1v) is 8.10. The van der Waals surface area contributed by atoms with Gasteiger partial charge in [0.05, 0.1) is 26.0 Å². The van der Waals surface area contributed by atoms with Gasteiger partial charge in [0.15, 0.2) is 0 Å². The van der Waals surface area contributed by atoms with Crippen LogP contribution in [0.2, 0.25) is 0 Å². The summed E-state index contributed by atoms with van der Waals surface area (Å²) in [5.74, 6) is 0.849. The Morgan fingerprint density at radius 2 is 2.27 bits per heavy atom. The topological polar surface area (TPSA) is 54.7 Å². The van der Waals surface area contributed by atoms with Crippen LogP contribution < -0.4 is 5.32 Å². The summed E-state index contributed by atoms with van der Waals surface area (Å²) in [4.78, 5) is 15.5. The molecule has 0 fully saturated rings. The molecule has 2 rings (SSSR count). The Bertz CT molecular complexity index is 504. The summed E-state index contributed by atoms with van der Waals surface area (Å²) in [6, 6.07) is 7.88. The molecule has 0 aliphatic rings. The third-order valence-electron chi connectivity index (χ3n) is 3.11. The van der Waals surface area contributed by atoms with Crippen LogP contribution >= 0.6 is 11.3 Å². The van der Waals surface area contributed by atoms with Gasteiger partial charge in [-0.15, -0.1) is 11.3 Å². The summed E-state index contributed by atoms with van der Waals surface area (Å²) < 4.78 is 10.4. The standard InChI is InChI=1S/C16H22N2O3S/c1-13(12-20-2)17-16(19)11-18(9-14-5-3-7-21-14)10-15-6-4-8-22-15/h3-8,13H,9-12H2,1-2H3,(H,17,19). The normalized spacial score (nSPS) is 12.5. The maximum Gasteiger partial charge on any atom is 0.234 e. The van der Waals surface area contributed by atoms with Gasteiger partial charge in [-0.25, -0.2) is 0 Å². The van der Waals surface area contributed by atoms with Crippen LogP contribution in [0.5, 0.6) is 0 Å². The molecule has 120 valence electrons. The van der Waals surface area contributed by atoms with Gasteiger partial charge in [-0.1, -0.05) is 6.07 Å². The molecule has 0 saturated heterocycles. The van der Waals surface area contributed by atoms with E-state index < -0.39 is 0 Å². The predicted octanol–water partition coefficient (Wildman–Crippen LogP) is 2.49. The monoisotopic (exact) mass is 322 g/mol. The highest BCUT2D eigenvalue weighted by Crippen LogP contribution is 2.14. The Morgan fingerprint density at radius 3 is 2.91 bits per heavy atom. The summed E-state index contributed by atoms with van der Waals surface area (Å²) in [7, 11) is 1.63. The van der Waals surface area contributed by atoms with E-state index in [1.54, 1.807) is 24.7 Å². The van der Waals surface area contributed by atoms with Gasteiger partial charge in [0.1, 0.15) is 5.76 Å². The van der Waals surface area contributed by atoms with Crippen molar-refractivity contribution in [2.45, 2.75) is 26.1 Å². The van der Waals surface area contributed by atoms with E-state index >= 15 is 0 Å². The third kappa shape index (κ3) is 5.63. The highest BCUT2D eigenvalue weighted by molar-refractivity contribution is 7.09. The molecule has 0 aromatic carbocycles. The van der Waals surface area contributed by atoms with Crippen LogP contribution in [0.3, 0.4) is 0 Å². The highest BCUT2D eigenvalue weighted by atomic mass is 32.1. The fourth-order valence-corrected chi connectivity index (χ4v) is 2.97. The maximum absolute atomic E-state index is 12.2. The van der Waals surface area contributed by atoms with Crippen molar-refractivity contribution in [3.05, 3.63) is 46.5 Å². The van der Waals surface area contributed by atoms with E-state index in [0.29, 0.717) is 19.7 Å². The summed E-state index contributed by atoms with van der Waals surface area (Å²) in [5, 5.41) is 4.98. The second kappa shape index (κ2) is 8.73. The summed E-state index contributed by atoms with van der Waals surface area (Å²) in [5.41, 5.74) is 0. The second-order valence-corrected chi connectivity index (χ2v) is 6.26. The minimum Gasteiger partial charge on any atom is -0.468 e. The van der Waals surface area contributed by atoms with Gasteiger partial charge < -0.3 is 14.5 Å². The molecular formula is C16H22N2O3S. The smallest absolute Gasteiger partial charge is 0.234 e. The van der Waals surface area contributed by atoms with E-state index in [9.17, 15) is 4.79 Å². The molecule has 2 heterocycles. The van der Waals surface area contributed by atoms with Crippen LogP contribution in [0.1, 0.15) is 17.6 Å². The second-order valence-electron chi connectivity index (χ2n) is 5.23. The molecule has 2 aromatic rings. The van der Waals surface area contributed by atoms with Crippen molar-refractivity contribution >= 4 is 17.2 Å². The Kier molecular flexibility index (Phi) is 6.64. The zero-order valence-electron chi connectivity index (χ0n) is 13.0. The van der Waals surface area contributed by atoms with Gasteiger partial charge in [0.2, 0.25) is 5.91 Å². The van der Waals surface area contributed by atoms with Crippen molar-refractivity contribution in [1.82, 2.24) is 10.2 Å². The third-order valence-corrected chi connectivity index (χ3v) is 3.97. The first-order chi connectivity index (χ1) is 10.7. The van der Waals surface area contributed by atoms with Crippen LogP contribution in [-0.2, 0) is 22.6 Å². The zero-order valence-corrected chi connectivity index (χ0v) is 13.8. The summed E-state index contributed by atoms with van der Waals surface area (Å²) in [6.07, 6.45) is 1.65. The molecule has 2 aromatic heterocycles. The van der Waals surface area contributed by atoms with E-state index in [4.69, 9.17) is 9.15 Å². The van der Waals surface area contributed by atoms with Crippen LogP contribution in [0.4, 0.5) is 0 Å². The average Bonchev–Trinajstić information content (AvgIpc) is 3.12. The fourth-order valence-electron chi connectivity index (χ4n) is 2.23. The van der Waals surface area contributed by atoms with Crippen molar-refractivity contribution in [2.24, 2.45) is 0 Å². The molecule has 1 atom stereocenters. The Labute approximate surface area is 134 Å². The highest BCUT2D eigenvalue weighted by Gasteiger charge is 2.15. The van der Waals surface area contributed by atoms with Gasteiger partial charge >= 0.3 is 0 Å². The van der Waals surface area contributed by atoms with Crippen LogP contribution in [0.15, 0.2) is 40.3 Å². The number of amides is 1. The molecular weight excluding hydrogens is 300 g/mol. The number of methoxy groups -OCH3 is 1. The van der Waals surface area contributed by atoms with E-state index in [1.807, 2.05) is 30.5 Å². The molecule has 0 saturated carbocycles. The minimum absolute atomic E-state index is 0.00435. The van der Waals surface area contributed by atoms with Crippen molar-refractivity contribution in [3.8, 4) is 0 Å². The van der Waals surface area contributed by atoms with Crippen LogP contribution in [-0.4, -0.2) is 37.1 Å². The van der Waals surface area contributed by atoms with Crippen molar-refractivity contribution in [3.63, 3.8) is 0 Å². The molecule has 1 unspecified atom stereocenters. The lowest BCUT2D eigenvalue weighted by Crippen LogP contribution is -2.42. The van der Waals surface area contributed by atoms with Gasteiger partial charge in [-0.05, 0) is 30.5 Å². The lowest BCUT2D eigenvalue weighted by molar-refractivity contribution is -0.123. The lowest BCUT2D eigenvalue weighted by Gasteiger charge is -2.21. The minimum atomic E-state index is -0.00679. The van der Waals surface area contributed by atoms with Crippen molar-refractivity contribution in [1.29, 1.82) is 0 Å². The number of carbonyl (C=O) groups is 1. The van der Waals surface area contributed by atoms with E-state index in [-0.39, 0.29) is 11.9 Å². The Balaban J connectivity index is 1.93. The number of hydrogen-bond acceptors (Lipinski definition) is 5. The number of nitrogens with zero attached hydrogens (tertiary/aromatic N) is 1. The van der Waals surface area contributed by atoms with Gasteiger partial charge in [0.25, 0.3) is 0 Å². The molecule has 6 heteroatoms. The zero-order chi connectivity index (χ0) is 15.8. The predicted molar refractivity (Wildman–Crippen MR) is 86.6 cm³/mol. The Hall–Kier alpha value is -1.63. The van der Waals surface area contributed by atoms with E-state index in [2.05, 4.69) is 16.3 Å². The quantitative estimate of drug-likeness (QED) is 0.771. The molecule has 0 spiro atoms. The number of furan rings is 1. The Morgan fingerprint density at radius 1 is 1.41 bits per heavy atom. The molecule has 0 radical (unpaired) electrons. The number of carbonyl (C=O) groups excluding carboxylic acids is 1. The molecule has 22 heavy (non-hydrogen) atoms.